The highest BCUT2D eigenvalue weighted by molar-refractivity contribution is 5.87. The van der Waals surface area contributed by atoms with E-state index in [0.29, 0.717) is 24.8 Å². The lowest BCUT2D eigenvalue weighted by Crippen LogP contribution is -2.53. The number of amides is 1. The van der Waals surface area contributed by atoms with Crippen molar-refractivity contribution in [2.75, 3.05) is 40.1 Å². The second-order valence-electron chi connectivity index (χ2n) is 9.07. The molecule has 1 aliphatic heterocycles. The van der Waals surface area contributed by atoms with Gasteiger partial charge in [-0.2, -0.15) is 0 Å². The first-order valence-electron chi connectivity index (χ1n) is 10.8. The van der Waals surface area contributed by atoms with Crippen LogP contribution in [0.3, 0.4) is 0 Å². The average molecular weight is 411 g/mol. The highest BCUT2D eigenvalue weighted by atomic mass is 16.5. The maximum atomic E-state index is 12.8. The number of allylic oxidation sites excluding steroid dienone is 1. The van der Waals surface area contributed by atoms with E-state index >= 15 is 0 Å². The lowest BCUT2D eigenvalue weighted by molar-refractivity contribution is -0.125. The van der Waals surface area contributed by atoms with E-state index in [2.05, 4.69) is 38.0 Å². The molecule has 29 heavy (non-hydrogen) atoms. The van der Waals surface area contributed by atoms with Crippen molar-refractivity contribution < 1.29 is 19.0 Å². The molecule has 1 amide bonds. The Morgan fingerprint density at radius 2 is 1.90 bits per heavy atom. The zero-order chi connectivity index (χ0) is 21.9. The van der Waals surface area contributed by atoms with Crippen molar-refractivity contribution in [3.63, 3.8) is 0 Å². The molecule has 0 atom stereocenters. The topological polar surface area (TPSA) is 68.8 Å². The molecule has 1 rings (SSSR count). The SMILES string of the molecule is C=C(C=C(OCCCC)C(C)(C)COC)NC(=O)C(C)(C)NCC1CCOCC1. The zero-order valence-corrected chi connectivity index (χ0v) is 19.4. The maximum Gasteiger partial charge on any atom is 0.244 e. The second-order valence-corrected chi connectivity index (χ2v) is 9.07. The largest absolute Gasteiger partial charge is 0.497 e. The summed E-state index contributed by atoms with van der Waals surface area (Å²) in [6, 6.07) is 0. The Morgan fingerprint density at radius 3 is 2.48 bits per heavy atom. The summed E-state index contributed by atoms with van der Waals surface area (Å²) < 4.78 is 16.8. The molecule has 1 saturated heterocycles. The lowest BCUT2D eigenvalue weighted by atomic mass is 9.91. The van der Waals surface area contributed by atoms with Gasteiger partial charge in [0, 0.05) is 31.4 Å². The lowest BCUT2D eigenvalue weighted by Gasteiger charge is -2.30. The molecular weight excluding hydrogens is 368 g/mol. The molecule has 0 bridgehead atoms. The molecule has 0 aromatic carbocycles. The summed E-state index contributed by atoms with van der Waals surface area (Å²) in [5.41, 5.74) is -0.487. The van der Waals surface area contributed by atoms with E-state index in [0.717, 1.165) is 51.2 Å². The maximum absolute atomic E-state index is 12.8. The molecule has 0 aromatic rings. The van der Waals surface area contributed by atoms with Crippen LogP contribution in [0.2, 0.25) is 0 Å². The number of carbonyl (C=O) groups is 1. The molecule has 0 saturated carbocycles. The summed E-state index contributed by atoms with van der Waals surface area (Å²) in [5, 5.41) is 6.32. The summed E-state index contributed by atoms with van der Waals surface area (Å²) in [5.74, 6) is 1.21. The molecule has 0 unspecified atom stereocenters. The predicted molar refractivity (Wildman–Crippen MR) is 118 cm³/mol. The first-order valence-corrected chi connectivity index (χ1v) is 10.8. The Balaban J connectivity index is 2.70. The Kier molecular flexibility index (Phi) is 10.9. The molecule has 6 nitrogen and oxygen atoms in total. The molecule has 2 N–H and O–H groups in total. The van der Waals surface area contributed by atoms with Gasteiger partial charge in [-0.3, -0.25) is 4.79 Å². The van der Waals surface area contributed by atoms with Crippen LogP contribution in [0, 0.1) is 11.3 Å². The summed E-state index contributed by atoms with van der Waals surface area (Å²) in [4.78, 5) is 12.8. The minimum Gasteiger partial charge on any atom is -0.497 e. The van der Waals surface area contributed by atoms with Crippen LogP contribution < -0.4 is 10.6 Å². The molecule has 0 aliphatic carbocycles. The Morgan fingerprint density at radius 1 is 1.24 bits per heavy atom. The van der Waals surface area contributed by atoms with Gasteiger partial charge in [0.2, 0.25) is 5.91 Å². The fourth-order valence-electron chi connectivity index (χ4n) is 3.12. The van der Waals surface area contributed by atoms with Gasteiger partial charge in [0.25, 0.3) is 0 Å². The molecule has 0 aromatic heterocycles. The van der Waals surface area contributed by atoms with Crippen LogP contribution >= 0.6 is 0 Å². The monoisotopic (exact) mass is 410 g/mol. The fourth-order valence-corrected chi connectivity index (χ4v) is 3.12. The number of carbonyl (C=O) groups excluding carboxylic acids is 1. The number of ether oxygens (including phenoxy) is 3. The van der Waals surface area contributed by atoms with Crippen LogP contribution in [0.5, 0.6) is 0 Å². The van der Waals surface area contributed by atoms with E-state index in [4.69, 9.17) is 14.2 Å². The molecule has 0 spiro atoms. The van der Waals surface area contributed by atoms with E-state index in [-0.39, 0.29) is 11.3 Å². The van der Waals surface area contributed by atoms with Crippen LogP contribution in [0.25, 0.3) is 0 Å². The summed E-state index contributed by atoms with van der Waals surface area (Å²) in [7, 11) is 1.68. The molecule has 1 aliphatic rings. The summed E-state index contributed by atoms with van der Waals surface area (Å²) in [6.45, 7) is 17.6. The van der Waals surface area contributed by atoms with E-state index in [9.17, 15) is 4.79 Å². The molecule has 1 heterocycles. The zero-order valence-electron chi connectivity index (χ0n) is 19.4. The molecular formula is C23H42N2O4. The molecule has 168 valence electrons. The van der Waals surface area contributed by atoms with Gasteiger partial charge in [0.1, 0.15) is 5.76 Å². The molecule has 6 heteroatoms. The van der Waals surface area contributed by atoms with Gasteiger partial charge >= 0.3 is 0 Å². The fraction of sp³-hybridized carbons (Fsp3) is 0.783. The Labute approximate surface area is 177 Å². The van der Waals surface area contributed by atoms with Crippen molar-refractivity contribution in [2.24, 2.45) is 11.3 Å². The number of hydrogen-bond acceptors (Lipinski definition) is 5. The highest BCUT2D eigenvalue weighted by Crippen LogP contribution is 2.28. The van der Waals surface area contributed by atoms with Crippen LogP contribution in [0.1, 0.15) is 60.3 Å². The number of hydrogen-bond donors (Lipinski definition) is 2. The van der Waals surface area contributed by atoms with Crippen LogP contribution in [0.15, 0.2) is 24.1 Å². The van der Waals surface area contributed by atoms with E-state index < -0.39 is 5.54 Å². The van der Waals surface area contributed by atoms with E-state index in [1.54, 1.807) is 7.11 Å². The first kappa shape index (κ1) is 25.7. The second kappa shape index (κ2) is 12.4. The summed E-state index contributed by atoms with van der Waals surface area (Å²) in [6.07, 6.45) is 5.92. The van der Waals surface area contributed by atoms with Gasteiger partial charge in [-0.25, -0.2) is 0 Å². The standard InChI is InChI=1S/C23H42N2O4/c1-8-9-12-29-20(22(3,4)17-27-7)15-18(2)25-21(26)23(5,6)24-16-19-10-13-28-14-11-19/h15,19,24H,2,8-14,16-17H2,1,3-7H3,(H,25,26). The van der Waals surface area contributed by atoms with Crippen molar-refractivity contribution in [1.29, 1.82) is 0 Å². The third kappa shape index (κ3) is 9.32. The van der Waals surface area contributed by atoms with Crippen molar-refractivity contribution in [1.82, 2.24) is 10.6 Å². The van der Waals surface area contributed by atoms with Gasteiger partial charge in [0.15, 0.2) is 0 Å². The van der Waals surface area contributed by atoms with Gasteiger partial charge < -0.3 is 24.8 Å². The number of nitrogens with one attached hydrogen (secondary N) is 2. The van der Waals surface area contributed by atoms with Crippen molar-refractivity contribution in [3.05, 3.63) is 24.1 Å². The molecule has 1 fully saturated rings. The average Bonchev–Trinajstić information content (AvgIpc) is 2.66. The van der Waals surface area contributed by atoms with Gasteiger partial charge in [0.05, 0.1) is 18.8 Å². The van der Waals surface area contributed by atoms with Crippen LogP contribution in [0.4, 0.5) is 0 Å². The van der Waals surface area contributed by atoms with Crippen LogP contribution in [-0.4, -0.2) is 51.5 Å². The van der Waals surface area contributed by atoms with Crippen molar-refractivity contribution in [3.8, 4) is 0 Å². The third-order valence-electron chi connectivity index (χ3n) is 5.25. The van der Waals surface area contributed by atoms with Gasteiger partial charge in [-0.15, -0.1) is 0 Å². The third-order valence-corrected chi connectivity index (χ3v) is 5.25. The first-order chi connectivity index (χ1) is 13.6. The minimum absolute atomic E-state index is 0.108. The van der Waals surface area contributed by atoms with Crippen molar-refractivity contribution in [2.45, 2.75) is 65.8 Å². The smallest absolute Gasteiger partial charge is 0.244 e. The normalized spacial score (nSPS) is 16.6. The predicted octanol–water partition coefficient (Wildman–Crippen LogP) is 3.78. The quantitative estimate of drug-likeness (QED) is 0.275. The Bertz CT molecular complexity index is 549. The highest BCUT2D eigenvalue weighted by Gasteiger charge is 2.30. The van der Waals surface area contributed by atoms with Crippen molar-refractivity contribution >= 4 is 5.91 Å². The number of rotatable bonds is 13. The van der Waals surface area contributed by atoms with Crippen LogP contribution in [-0.2, 0) is 19.0 Å². The van der Waals surface area contributed by atoms with E-state index in [1.807, 2.05) is 19.9 Å². The number of methoxy groups -OCH3 is 1. The number of unbranched alkanes of at least 4 members (excludes halogenated alkanes) is 1. The Hall–Kier alpha value is -1.37. The summed E-state index contributed by atoms with van der Waals surface area (Å²) >= 11 is 0. The minimum atomic E-state index is -0.694. The van der Waals surface area contributed by atoms with Gasteiger partial charge in [-0.1, -0.05) is 33.8 Å². The van der Waals surface area contributed by atoms with E-state index in [1.165, 1.54) is 0 Å². The molecule has 0 radical (unpaired) electrons. The van der Waals surface area contributed by atoms with Gasteiger partial charge in [-0.05, 0) is 51.6 Å².